The van der Waals surface area contributed by atoms with Crippen LogP contribution in [0.3, 0.4) is 0 Å². The lowest BCUT2D eigenvalue weighted by molar-refractivity contribution is 0.546. The molecular weight excluding hydrogens is 314 g/mol. The predicted octanol–water partition coefficient (Wildman–Crippen LogP) is 3.90. The van der Waals surface area contributed by atoms with Crippen molar-refractivity contribution in [2.75, 3.05) is 0 Å². The number of benzene rings is 1. The Balaban J connectivity index is 2.07. The topological polar surface area (TPSA) is 29.9 Å². The molecule has 108 valence electrons. The summed E-state index contributed by atoms with van der Waals surface area (Å²) in [5.74, 6) is 0. The van der Waals surface area contributed by atoms with Crippen LogP contribution >= 0.6 is 15.9 Å². The van der Waals surface area contributed by atoms with E-state index in [4.69, 9.17) is 0 Å². The summed E-state index contributed by atoms with van der Waals surface area (Å²) in [6.45, 7) is 7.25. The maximum absolute atomic E-state index is 4.52. The van der Waals surface area contributed by atoms with E-state index < -0.39 is 0 Å². The van der Waals surface area contributed by atoms with Crippen LogP contribution in [0, 0.1) is 6.92 Å². The standard InChI is InChI=1S/C16H22BrN3/c1-5-14-16(17)15(20(4)19-14)10-18-12(3)13-8-6-7-11(2)9-13/h6-9,12,18H,5,10H2,1-4H3/t12-/m1/s1. The van der Waals surface area contributed by atoms with Gasteiger partial charge in [-0.1, -0.05) is 36.8 Å². The summed E-state index contributed by atoms with van der Waals surface area (Å²) in [7, 11) is 2.00. The highest BCUT2D eigenvalue weighted by atomic mass is 79.9. The molecular formula is C16H22BrN3. The molecule has 2 rings (SSSR count). The molecule has 4 heteroatoms. The lowest BCUT2D eigenvalue weighted by Gasteiger charge is -2.15. The largest absolute Gasteiger partial charge is 0.305 e. The molecule has 0 saturated carbocycles. The Morgan fingerprint density at radius 2 is 2.15 bits per heavy atom. The molecule has 2 aromatic rings. The van der Waals surface area contributed by atoms with E-state index in [0.29, 0.717) is 6.04 Å². The Morgan fingerprint density at radius 1 is 1.40 bits per heavy atom. The number of hydrogen-bond acceptors (Lipinski definition) is 2. The Labute approximate surface area is 129 Å². The molecule has 0 unspecified atom stereocenters. The summed E-state index contributed by atoms with van der Waals surface area (Å²) in [6.07, 6.45) is 0.946. The van der Waals surface area contributed by atoms with Crippen molar-refractivity contribution in [2.45, 2.75) is 39.8 Å². The average molecular weight is 336 g/mol. The van der Waals surface area contributed by atoms with Gasteiger partial charge in [0.15, 0.2) is 0 Å². The van der Waals surface area contributed by atoms with E-state index in [0.717, 1.165) is 23.1 Å². The quantitative estimate of drug-likeness (QED) is 0.897. The Morgan fingerprint density at radius 3 is 2.75 bits per heavy atom. The van der Waals surface area contributed by atoms with Crippen molar-refractivity contribution >= 4 is 15.9 Å². The van der Waals surface area contributed by atoms with Gasteiger partial charge < -0.3 is 5.32 Å². The Kier molecular flexibility index (Phi) is 5.00. The second-order valence-electron chi connectivity index (χ2n) is 5.20. The maximum Gasteiger partial charge on any atom is 0.0767 e. The van der Waals surface area contributed by atoms with Crippen LogP contribution in [0.25, 0.3) is 0 Å². The number of rotatable bonds is 5. The summed E-state index contributed by atoms with van der Waals surface area (Å²) >= 11 is 3.66. The number of nitrogens with one attached hydrogen (secondary N) is 1. The Hall–Kier alpha value is -1.13. The summed E-state index contributed by atoms with van der Waals surface area (Å²) in [6, 6.07) is 8.95. The van der Waals surface area contributed by atoms with E-state index in [9.17, 15) is 0 Å². The van der Waals surface area contributed by atoms with Gasteiger partial charge >= 0.3 is 0 Å². The van der Waals surface area contributed by atoms with Crippen LogP contribution in [-0.4, -0.2) is 9.78 Å². The van der Waals surface area contributed by atoms with Gasteiger partial charge in [-0.15, -0.1) is 0 Å². The molecule has 0 amide bonds. The second-order valence-corrected chi connectivity index (χ2v) is 5.99. The highest BCUT2D eigenvalue weighted by Gasteiger charge is 2.13. The van der Waals surface area contributed by atoms with Gasteiger partial charge in [-0.2, -0.15) is 5.10 Å². The van der Waals surface area contributed by atoms with E-state index in [-0.39, 0.29) is 0 Å². The van der Waals surface area contributed by atoms with Gasteiger partial charge in [0.05, 0.1) is 15.9 Å². The molecule has 20 heavy (non-hydrogen) atoms. The number of hydrogen-bond donors (Lipinski definition) is 1. The number of nitrogens with zero attached hydrogens (tertiary/aromatic N) is 2. The van der Waals surface area contributed by atoms with Crippen molar-refractivity contribution in [2.24, 2.45) is 7.05 Å². The van der Waals surface area contributed by atoms with Crippen molar-refractivity contribution in [3.05, 3.63) is 51.3 Å². The van der Waals surface area contributed by atoms with E-state index in [2.05, 4.69) is 71.4 Å². The third-order valence-electron chi connectivity index (χ3n) is 3.62. The first-order chi connectivity index (χ1) is 9.52. The molecule has 0 aliphatic rings. The zero-order valence-corrected chi connectivity index (χ0v) is 14.2. The fraction of sp³-hybridized carbons (Fsp3) is 0.438. The minimum atomic E-state index is 0.321. The molecule has 0 saturated heterocycles. The van der Waals surface area contributed by atoms with Crippen LogP contribution in [-0.2, 0) is 20.0 Å². The van der Waals surface area contributed by atoms with Gasteiger partial charge in [0.1, 0.15) is 0 Å². The third-order valence-corrected chi connectivity index (χ3v) is 4.54. The fourth-order valence-corrected chi connectivity index (χ4v) is 3.08. The summed E-state index contributed by atoms with van der Waals surface area (Å²) < 4.78 is 3.09. The molecule has 0 radical (unpaired) electrons. The summed E-state index contributed by atoms with van der Waals surface area (Å²) in [5.41, 5.74) is 4.93. The van der Waals surface area contributed by atoms with Crippen molar-refractivity contribution in [1.82, 2.24) is 15.1 Å². The minimum Gasteiger partial charge on any atom is -0.305 e. The number of aryl methyl sites for hydroxylation is 3. The molecule has 1 atom stereocenters. The normalized spacial score (nSPS) is 12.7. The monoisotopic (exact) mass is 335 g/mol. The summed E-state index contributed by atoms with van der Waals surface area (Å²) in [5, 5.41) is 8.09. The maximum atomic E-state index is 4.52. The smallest absolute Gasteiger partial charge is 0.0767 e. The molecule has 0 aliphatic heterocycles. The highest BCUT2D eigenvalue weighted by Crippen LogP contribution is 2.22. The zero-order valence-electron chi connectivity index (χ0n) is 12.6. The highest BCUT2D eigenvalue weighted by molar-refractivity contribution is 9.10. The first-order valence-corrected chi connectivity index (χ1v) is 7.82. The van der Waals surface area contributed by atoms with E-state index >= 15 is 0 Å². The minimum absolute atomic E-state index is 0.321. The van der Waals surface area contributed by atoms with E-state index in [1.807, 2.05) is 11.7 Å². The second kappa shape index (κ2) is 6.55. The van der Waals surface area contributed by atoms with Crippen LogP contribution < -0.4 is 5.32 Å². The first kappa shape index (κ1) is 15.3. The van der Waals surface area contributed by atoms with Crippen LogP contribution in [0.1, 0.15) is 42.4 Å². The first-order valence-electron chi connectivity index (χ1n) is 7.03. The lowest BCUT2D eigenvalue weighted by Crippen LogP contribution is -2.20. The predicted molar refractivity (Wildman–Crippen MR) is 86.7 cm³/mol. The van der Waals surface area contributed by atoms with Gasteiger partial charge in [-0.05, 0) is 41.8 Å². The average Bonchev–Trinajstić information content (AvgIpc) is 2.71. The van der Waals surface area contributed by atoms with E-state index in [1.165, 1.54) is 16.8 Å². The fourth-order valence-electron chi connectivity index (χ4n) is 2.32. The number of aromatic nitrogens is 2. The van der Waals surface area contributed by atoms with Gasteiger partial charge in [-0.3, -0.25) is 4.68 Å². The van der Waals surface area contributed by atoms with Gasteiger partial charge in [0.25, 0.3) is 0 Å². The van der Waals surface area contributed by atoms with Crippen molar-refractivity contribution in [3.8, 4) is 0 Å². The Bertz CT molecular complexity index is 589. The molecule has 1 heterocycles. The van der Waals surface area contributed by atoms with Crippen molar-refractivity contribution < 1.29 is 0 Å². The molecule has 1 aromatic heterocycles. The van der Waals surface area contributed by atoms with Crippen LogP contribution in [0.2, 0.25) is 0 Å². The summed E-state index contributed by atoms with van der Waals surface area (Å²) in [4.78, 5) is 0. The molecule has 3 nitrogen and oxygen atoms in total. The molecule has 1 aromatic carbocycles. The van der Waals surface area contributed by atoms with Crippen molar-refractivity contribution in [3.63, 3.8) is 0 Å². The molecule has 0 fully saturated rings. The van der Waals surface area contributed by atoms with E-state index in [1.54, 1.807) is 0 Å². The van der Waals surface area contributed by atoms with Gasteiger partial charge in [0, 0.05) is 19.6 Å². The zero-order chi connectivity index (χ0) is 14.7. The van der Waals surface area contributed by atoms with Crippen LogP contribution in [0.5, 0.6) is 0 Å². The van der Waals surface area contributed by atoms with Gasteiger partial charge in [0.2, 0.25) is 0 Å². The van der Waals surface area contributed by atoms with Crippen LogP contribution in [0.4, 0.5) is 0 Å². The SMILES string of the molecule is CCc1nn(C)c(CN[C@H](C)c2cccc(C)c2)c1Br. The van der Waals surface area contributed by atoms with Crippen molar-refractivity contribution in [1.29, 1.82) is 0 Å². The molecule has 0 bridgehead atoms. The lowest BCUT2D eigenvalue weighted by atomic mass is 10.1. The number of halogens is 1. The molecule has 0 spiro atoms. The van der Waals surface area contributed by atoms with Crippen LogP contribution in [0.15, 0.2) is 28.7 Å². The third kappa shape index (κ3) is 3.30. The van der Waals surface area contributed by atoms with Gasteiger partial charge in [-0.25, -0.2) is 0 Å². The molecule has 1 N–H and O–H groups in total. The molecule has 0 aliphatic carbocycles.